The quantitative estimate of drug-likeness (QED) is 0.185. The summed E-state index contributed by atoms with van der Waals surface area (Å²) in [7, 11) is 0. The average Bonchev–Trinajstić information content (AvgIpc) is 2.79. The lowest BCUT2D eigenvalue weighted by Crippen LogP contribution is -2.31. The van der Waals surface area contributed by atoms with Gasteiger partial charge in [-0.25, -0.2) is 0 Å². The van der Waals surface area contributed by atoms with Gasteiger partial charge in [0, 0.05) is 24.0 Å². The molecule has 0 fully saturated rings. The molecular formula is C22H28N6O5. The van der Waals surface area contributed by atoms with Crippen molar-refractivity contribution >= 4 is 23.4 Å². The molecule has 0 saturated carbocycles. The van der Waals surface area contributed by atoms with E-state index in [1.54, 1.807) is 0 Å². The number of Topliss-reactive ketones (excluding diaryl/α,β-unsaturated/α-hetero) is 2. The van der Waals surface area contributed by atoms with Crippen LogP contribution < -0.4 is 38.3 Å². The van der Waals surface area contributed by atoms with E-state index in [0.717, 1.165) is 0 Å². The van der Waals surface area contributed by atoms with Crippen molar-refractivity contribution in [1.82, 2.24) is 10.6 Å². The van der Waals surface area contributed by atoms with Gasteiger partial charge in [0.25, 0.3) is 11.8 Å². The molecule has 0 atom stereocenters. The molecule has 0 bridgehead atoms. The van der Waals surface area contributed by atoms with Crippen molar-refractivity contribution in [3.8, 4) is 11.5 Å². The lowest BCUT2D eigenvalue weighted by Gasteiger charge is -2.14. The summed E-state index contributed by atoms with van der Waals surface area (Å²) in [5.41, 5.74) is 22.2. The molecule has 0 aliphatic heterocycles. The van der Waals surface area contributed by atoms with E-state index in [1.807, 2.05) is 0 Å². The number of ether oxygens (including phenoxy) is 1. The number of ketones is 2. The van der Waals surface area contributed by atoms with Gasteiger partial charge in [-0.05, 0) is 49.5 Å². The van der Waals surface area contributed by atoms with Crippen molar-refractivity contribution < 1.29 is 23.9 Å². The van der Waals surface area contributed by atoms with Crippen LogP contribution in [0.2, 0.25) is 0 Å². The van der Waals surface area contributed by atoms with E-state index >= 15 is 0 Å². The Hall–Kier alpha value is -3.64. The van der Waals surface area contributed by atoms with Gasteiger partial charge in [-0.15, -0.1) is 0 Å². The second kappa shape index (κ2) is 12.4. The summed E-state index contributed by atoms with van der Waals surface area (Å²) in [4.78, 5) is 49.6. The number of hydrogen-bond donors (Lipinski definition) is 6. The first kappa shape index (κ1) is 25.6. The normalized spacial score (nSPS) is 10.4. The van der Waals surface area contributed by atoms with Gasteiger partial charge in [0.2, 0.25) is 0 Å². The van der Waals surface area contributed by atoms with Crippen molar-refractivity contribution in [2.75, 3.05) is 26.4 Å². The third-order valence-electron chi connectivity index (χ3n) is 4.58. The largest absolute Gasteiger partial charge is 0.457 e. The van der Waals surface area contributed by atoms with E-state index in [4.69, 9.17) is 27.7 Å². The minimum absolute atomic E-state index is 0.0705. The number of rotatable bonds is 12. The van der Waals surface area contributed by atoms with Gasteiger partial charge >= 0.3 is 0 Å². The molecule has 2 rings (SSSR count). The Balaban J connectivity index is 2.44. The molecule has 2 aromatic carbocycles. The minimum Gasteiger partial charge on any atom is -0.457 e. The zero-order valence-electron chi connectivity index (χ0n) is 18.1. The Morgan fingerprint density at radius 1 is 0.636 bits per heavy atom. The molecule has 0 heterocycles. The molecule has 176 valence electrons. The number of carbonyl (C=O) groups is 4. The molecule has 0 saturated heterocycles. The molecule has 11 nitrogen and oxygen atoms in total. The Morgan fingerprint density at radius 3 is 1.36 bits per heavy atom. The molecule has 0 aliphatic carbocycles. The molecule has 2 aromatic rings. The first-order valence-electron chi connectivity index (χ1n) is 10.2. The van der Waals surface area contributed by atoms with E-state index in [0.29, 0.717) is 0 Å². The highest BCUT2D eigenvalue weighted by molar-refractivity contribution is 6.09. The van der Waals surface area contributed by atoms with Crippen molar-refractivity contribution in [3.05, 3.63) is 58.7 Å². The second-order valence-electron chi connectivity index (χ2n) is 6.86. The fourth-order valence-corrected chi connectivity index (χ4v) is 3.08. The van der Waals surface area contributed by atoms with Crippen LogP contribution in [0.25, 0.3) is 0 Å². The Kier molecular flexibility index (Phi) is 9.63. The lowest BCUT2D eigenvalue weighted by molar-refractivity contribution is 0.0932. The van der Waals surface area contributed by atoms with Crippen molar-refractivity contribution in [3.63, 3.8) is 0 Å². The van der Waals surface area contributed by atoms with Crippen LogP contribution in [-0.4, -0.2) is 49.8 Å². The highest BCUT2D eigenvalue weighted by Crippen LogP contribution is 2.27. The topological polar surface area (TPSA) is 206 Å². The molecule has 0 radical (unpaired) electrons. The van der Waals surface area contributed by atoms with Crippen LogP contribution in [0.3, 0.4) is 0 Å². The first-order valence-corrected chi connectivity index (χ1v) is 10.2. The zero-order chi connectivity index (χ0) is 24.4. The Bertz CT molecular complexity index is 958. The third kappa shape index (κ3) is 6.67. The van der Waals surface area contributed by atoms with Gasteiger partial charge in [0.15, 0.2) is 11.6 Å². The third-order valence-corrected chi connectivity index (χ3v) is 4.58. The SMILES string of the molecule is NCCC(=O)c1ccc(Oc2ccc(C(=O)CCN)c(C(=O)NCN)c2)cc1C(=O)NCN. The van der Waals surface area contributed by atoms with Crippen LogP contribution in [0.15, 0.2) is 36.4 Å². The molecule has 2 amide bonds. The van der Waals surface area contributed by atoms with Crippen molar-refractivity contribution in [2.45, 2.75) is 12.8 Å². The van der Waals surface area contributed by atoms with Gasteiger partial charge < -0.3 is 38.3 Å². The van der Waals surface area contributed by atoms with Crippen LogP contribution in [0.5, 0.6) is 11.5 Å². The van der Waals surface area contributed by atoms with Crippen LogP contribution in [-0.2, 0) is 0 Å². The van der Waals surface area contributed by atoms with Gasteiger partial charge in [-0.1, -0.05) is 0 Å². The van der Waals surface area contributed by atoms with E-state index in [-0.39, 0.29) is 84.6 Å². The van der Waals surface area contributed by atoms with E-state index in [1.165, 1.54) is 36.4 Å². The number of amides is 2. The minimum atomic E-state index is -0.547. The summed E-state index contributed by atoms with van der Waals surface area (Å²) in [6.45, 7) is 0.0362. The standard InChI is InChI=1S/C22H28N6O5/c23-7-5-19(29)15-3-1-13(9-17(15)21(31)27-11-25)33-14-2-4-16(20(30)6-8-24)18(10-14)22(32)28-12-26/h1-4,9-10H,5-8,11-12,23-26H2,(H,27,31)(H,28,32). The van der Waals surface area contributed by atoms with Crippen LogP contribution >= 0.6 is 0 Å². The maximum absolute atomic E-state index is 12.4. The van der Waals surface area contributed by atoms with Gasteiger partial charge in [0.05, 0.1) is 24.5 Å². The summed E-state index contributed by atoms with van der Waals surface area (Å²) in [6.07, 6.45) is 0.141. The van der Waals surface area contributed by atoms with Gasteiger partial charge in [0.1, 0.15) is 11.5 Å². The van der Waals surface area contributed by atoms with E-state index in [9.17, 15) is 19.2 Å². The monoisotopic (exact) mass is 456 g/mol. The predicted molar refractivity (Wildman–Crippen MR) is 122 cm³/mol. The molecule has 33 heavy (non-hydrogen) atoms. The molecule has 0 spiro atoms. The zero-order valence-corrected chi connectivity index (χ0v) is 18.1. The molecule has 10 N–H and O–H groups in total. The molecular weight excluding hydrogens is 428 g/mol. The van der Waals surface area contributed by atoms with Crippen molar-refractivity contribution in [1.29, 1.82) is 0 Å². The molecule has 0 aliphatic rings. The number of benzene rings is 2. The van der Waals surface area contributed by atoms with Crippen molar-refractivity contribution in [2.24, 2.45) is 22.9 Å². The maximum atomic E-state index is 12.4. The highest BCUT2D eigenvalue weighted by Gasteiger charge is 2.20. The highest BCUT2D eigenvalue weighted by atomic mass is 16.5. The Labute approximate surface area is 190 Å². The second-order valence-corrected chi connectivity index (χ2v) is 6.86. The maximum Gasteiger partial charge on any atom is 0.253 e. The predicted octanol–water partition coefficient (Wildman–Crippen LogP) is -0.166. The number of carbonyl (C=O) groups excluding carboxylic acids is 4. The van der Waals surface area contributed by atoms with E-state index < -0.39 is 11.8 Å². The smallest absolute Gasteiger partial charge is 0.253 e. The van der Waals surface area contributed by atoms with Crippen LogP contribution in [0.1, 0.15) is 54.3 Å². The summed E-state index contributed by atoms with van der Waals surface area (Å²) in [5.74, 6) is -1.23. The molecule has 11 heteroatoms. The summed E-state index contributed by atoms with van der Waals surface area (Å²) in [5, 5.41) is 4.90. The van der Waals surface area contributed by atoms with Gasteiger partial charge in [-0.2, -0.15) is 0 Å². The first-order chi connectivity index (χ1) is 15.9. The summed E-state index contributed by atoms with van der Waals surface area (Å²) in [6, 6.07) is 8.72. The van der Waals surface area contributed by atoms with Gasteiger partial charge in [-0.3, -0.25) is 19.2 Å². The van der Waals surface area contributed by atoms with Crippen LogP contribution in [0.4, 0.5) is 0 Å². The number of nitrogens with one attached hydrogen (secondary N) is 2. The Morgan fingerprint density at radius 2 is 1.03 bits per heavy atom. The summed E-state index contributed by atoms with van der Waals surface area (Å²) < 4.78 is 5.81. The average molecular weight is 457 g/mol. The number of nitrogens with two attached hydrogens (primary N) is 4. The van der Waals surface area contributed by atoms with E-state index in [2.05, 4.69) is 10.6 Å². The molecule has 0 unspecified atom stereocenters. The number of hydrogen-bond acceptors (Lipinski definition) is 9. The summed E-state index contributed by atoms with van der Waals surface area (Å²) >= 11 is 0. The molecule has 0 aromatic heterocycles. The lowest BCUT2D eigenvalue weighted by atomic mass is 10.00. The van der Waals surface area contributed by atoms with Crippen LogP contribution in [0, 0.1) is 0 Å². The fraction of sp³-hybridized carbons (Fsp3) is 0.273. The fourth-order valence-electron chi connectivity index (χ4n) is 3.08.